The Bertz CT molecular complexity index is 643. The van der Waals surface area contributed by atoms with Gasteiger partial charge < -0.3 is 0 Å². The summed E-state index contributed by atoms with van der Waals surface area (Å²) in [7, 11) is -1.62. The van der Waals surface area contributed by atoms with Gasteiger partial charge in [0.25, 0.3) is 5.91 Å². The Balaban J connectivity index is 2.09. The van der Waals surface area contributed by atoms with Crippen molar-refractivity contribution in [3.8, 4) is 0 Å². The second-order valence-electron chi connectivity index (χ2n) is 5.63. The number of hydrogen-bond donors (Lipinski definition) is 2. The van der Waals surface area contributed by atoms with Gasteiger partial charge in [0.1, 0.15) is 0 Å². The first-order valence-electron chi connectivity index (χ1n) is 6.53. The summed E-state index contributed by atoms with van der Waals surface area (Å²) in [5.41, 5.74) is 5.93. The maximum Gasteiger partial charge on any atom is 0.269 e. The monoisotopic (exact) mass is 320 g/mol. The van der Waals surface area contributed by atoms with Crippen molar-refractivity contribution < 1.29 is 4.79 Å². The van der Waals surface area contributed by atoms with E-state index in [-0.39, 0.29) is 5.91 Å². The van der Waals surface area contributed by atoms with Crippen LogP contribution in [0.4, 0.5) is 5.82 Å². The average molecular weight is 321 g/mol. The van der Waals surface area contributed by atoms with Crippen molar-refractivity contribution in [3.05, 3.63) is 47.1 Å². The zero-order chi connectivity index (χ0) is 15.5. The molecular weight excluding hydrogens is 304 g/mol. The Morgan fingerprint density at radius 2 is 1.81 bits per heavy atom. The smallest absolute Gasteiger partial charge is 0.269 e. The minimum atomic E-state index is -1.62. The van der Waals surface area contributed by atoms with Crippen molar-refractivity contribution in [3.63, 3.8) is 0 Å². The minimum absolute atomic E-state index is 0.234. The Hall–Kier alpha value is -1.92. The molecule has 110 valence electrons. The fraction of sp³-hybridized carbons (Fsp3) is 0.214. The van der Waals surface area contributed by atoms with Crippen LogP contribution in [-0.4, -0.2) is 24.2 Å². The Kier molecular flexibility index (Phi) is 4.59. The predicted octanol–water partition coefficient (Wildman–Crippen LogP) is 2.43. The number of aromatic nitrogens is 2. The van der Waals surface area contributed by atoms with Crippen LogP contribution < -0.4 is 16.0 Å². The predicted molar refractivity (Wildman–Crippen MR) is 87.6 cm³/mol. The molecule has 0 fully saturated rings. The van der Waals surface area contributed by atoms with Gasteiger partial charge in [0.2, 0.25) is 0 Å². The average Bonchev–Trinajstić information content (AvgIpc) is 2.45. The summed E-state index contributed by atoms with van der Waals surface area (Å²) in [5, 5.41) is 9.29. The highest BCUT2D eigenvalue weighted by atomic mass is 35.5. The number of nitrogens with zero attached hydrogens (tertiary/aromatic N) is 2. The first-order chi connectivity index (χ1) is 9.88. The first-order valence-corrected chi connectivity index (χ1v) is 10.4. The van der Waals surface area contributed by atoms with E-state index < -0.39 is 8.07 Å². The number of anilines is 1. The molecule has 2 N–H and O–H groups in total. The van der Waals surface area contributed by atoms with Gasteiger partial charge >= 0.3 is 0 Å². The number of carbonyl (C=O) groups excluding carboxylic acids is 1. The zero-order valence-corrected chi connectivity index (χ0v) is 13.9. The van der Waals surface area contributed by atoms with E-state index in [4.69, 9.17) is 11.6 Å². The largest absolute Gasteiger partial charge is 0.280 e. The van der Waals surface area contributed by atoms with Crippen LogP contribution in [0, 0.1) is 0 Å². The molecule has 0 atom stereocenters. The molecule has 0 aliphatic heterocycles. The molecule has 0 aliphatic carbocycles. The number of nitrogens with one attached hydrogen (secondary N) is 2. The molecule has 0 saturated carbocycles. The van der Waals surface area contributed by atoms with Gasteiger partial charge in [-0.2, -0.15) is 0 Å². The van der Waals surface area contributed by atoms with Crippen molar-refractivity contribution in [2.24, 2.45) is 0 Å². The molecule has 5 nitrogen and oxygen atoms in total. The van der Waals surface area contributed by atoms with Crippen LogP contribution in [0.2, 0.25) is 24.8 Å². The summed E-state index contributed by atoms with van der Waals surface area (Å²) in [4.78, 5) is 11.9. The molecule has 1 heterocycles. The quantitative estimate of drug-likeness (QED) is 0.670. The van der Waals surface area contributed by atoms with Crippen LogP contribution in [0.3, 0.4) is 0 Å². The number of hydrogen-bond acceptors (Lipinski definition) is 4. The number of rotatable bonds is 4. The lowest BCUT2D eigenvalue weighted by Crippen LogP contribution is -2.40. The van der Waals surface area contributed by atoms with E-state index in [9.17, 15) is 4.79 Å². The molecule has 0 saturated heterocycles. The third-order valence-corrected chi connectivity index (χ3v) is 5.33. The molecule has 0 spiro atoms. The van der Waals surface area contributed by atoms with E-state index >= 15 is 0 Å². The van der Waals surface area contributed by atoms with Gasteiger partial charge in [-0.05, 0) is 23.4 Å². The van der Waals surface area contributed by atoms with E-state index in [0.29, 0.717) is 16.5 Å². The minimum Gasteiger partial charge on any atom is -0.280 e. The Morgan fingerprint density at radius 3 is 2.43 bits per heavy atom. The van der Waals surface area contributed by atoms with Crippen LogP contribution in [-0.2, 0) is 0 Å². The van der Waals surface area contributed by atoms with Crippen LogP contribution >= 0.6 is 11.6 Å². The van der Waals surface area contributed by atoms with Gasteiger partial charge in [-0.15, -0.1) is 10.2 Å². The third kappa shape index (κ3) is 4.02. The molecule has 2 rings (SSSR count). The maximum absolute atomic E-state index is 11.9. The molecular formula is C14H17ClN4OSi. The van der Waals surface area contributed by atoms with Crippen LogP contribution in [0.15, 0.2) is 36.4 Å². The lowest BCUT2D eigenvalue weighted by atomic mass is 10.2. The highest BCUT2D eigenvalue weighted by molar-refractivity contribution is 6.90. The molecule has 2 aromatic rings. The standard InChI is InChI=1S/C14H17ClN4OSi/c1-21(2,3)11-9-12(16-18-13(11)15)17-19-14(20)10-7-5-4-6-8-10/h4-9H,1-3H3,(H,16,17)(H,19,20). The van der Waals surface area contributed by atoms with Crippen molar-refractivity contribution in [1.29, 1.82) is 0 Å². The Morgan fingerprint density at radius 1 is 1.14 bits per heavy atom. The van der Waals surface area contributed by atoms with Crippen molar-refractivity contribution in [2.75, 3.05) is 5.43 Å². The summed E-state index contributed by atoms with van der Waals surface area (Å²) in [6, 6.07) is 10.8. The van der Waals surface area contributed by atoms with E-state index in [2.05, 4.69) is 40.7 Å². The molecule has 21 heavy (non-hydrogen) atoms. The van der Waals surface area contributed by atoms with E-state index in [1.807, 2.05) is 12.1 Å². The normalized spacial score (nSPS) is 11.0. The lowest BCUT2D eigenvalue weighted by Gasteiger charge is -2.18. The SMILES string of the molecule is C[Si](C)(C)c1cc(NNC(=O)c2ccccc2)nnc1Cl. The molecule has 0 aliphatic rings. The van der Waals surface area contributed by atoms with E-state index in [1.165, 1.54) is 0 Å². The molecule has 1 amide bonds. The summed E-state index contributed by atoms with van der Waals surface area (Å²) >= 11 is 6.09. The van der Waals surface area contributed by atoms with Crippen LogP contribution in [0.5, 0.6) is 0 Å². The van der Waals surface area contributed by atoms with E-state index in [1.54, 1.807) is 24.3 Å². The molecule has 0 unspecified atom stereocenters. The van der Waals surface area contributed by atoms with Crippen molar-refractivity contribution in [2.45, 2.75) is 19.6 Å². The summed E-state index contributed by atoms with van der Waals surface area (Å²) < 4.78 is 0. The third-order valence-electron chi connectivity index (χ3n) is 2.90. The number of halogens is 1. The zero-order valence-electron chi connectivity index (χ0n) is 12.1. The second-order valence-corrected chi connectivity index (χ2v) is 11.0. The summed E-state index contributed by atoms with van der Waals surface area (Å²) in [6.07, 6.45) is 0. The molecule has 1 aromatic carbocycles. The molecule has 1 aromatic heterocycles. The molecule has 7 heteroatoms. The molecule has 0 bridgehead atoms. The van der Waals surface area contributed by atoms with Gasteiger partial charge in [-0.1, -0.05) is 49.4 Å². The Labute approximate surface area is 129 Å². The van der Waals surface area contributed by atoms with E-state index in [0.717, 1.165) is 5.19 Å². The second kappa shape index (κ2) is 6.24. The van der Waals surface area contributed by atoms with Gasteiger partial charge in [0.05, 0.1) is 8.07 Å². The number of benzene rings is 1. The summed E-state index contributed by atoms with van der Waals surface area (Å²) in [5.74, 6) is 0.239. The van der Waals surface area contributed by atoms with Gasteiger partial charge in [-0.3, -0.25) is 15.6 Å². The first kappa shape index (κ1) is 15.5. The maximum atomic E-state index is 11.9. The fourth-order valence-electron chi connectivity index (χ4n) is 1.75. The number of amides is 1. The van der Waals surface area contributed by atoms with Crippen molar-refractivity contribution in [1.82, 2.24) is 15.6 Å². The highest BCUT2D eigenvalue weighted by Gasteiger charge is 2.21. The fourth-order valence-corrected chi connectivity index (χ4v) is 3.93. The topological polar surface area (TPSA) is 66.9 Å². The van der Waals surface area contributed by atoms with Gasteiger partial charge in [0, 0.05) is 5.56 Å². The highest BCUT2D eigenvalue weighted by Crippen LogP contribution is 2.11. The lowest BCUT2D eigenvalue weighted by molar-refractivity contribution is 0.0962. The summed E-state index contributed by atoms with van der Waals surface area (Å²) in [6.45, 7) is 6.51. The van der Waals surface area contributed by atoms with Crippen molar-refractivity contribution >= 4 is 36.6 Å². The number of carbonyl (C=O) groups is 1. The number of hydrazine groups is 1. The molecule has 0 radical (unpaired) electrons. The van der Waals surface area contributed by atoms with Crippen LogP contribution in [0.1, 0.15) is 10.4 Å². The van der Waals surface area contributed by atoms with Gasteiger partial charge in [-0.25, -0.2) is 0 Å². The van der Waals surface area contributed by atoms with Gasteiger partial charge in [0.15, 0.2) is 11.0 Å². The van der Waals surface area contributed by atoms with Crippen LogP contribution in [0.25, 0.3) is 0 Å².